The van der Waals surface area contributed by atoms with Gasteiger partial charge in [-0.25, -0.2) is 4.79 Å². The van der Waals surface area contributed by atoms with Gasteiger partial charge in [0.05, 0.1) is 12.7 Å². The molecule has 3 atom stereocenters. The van der Waals surface area contributed by atoms with Crippen LogP contribution in [-0.2, 0) is 22.7 Å². The fourth-order valence-electron chi connectivity index (χ4n) is 6.62. The number of ether oxygens (including phenoxy) is 2. The van der Waals surface area contributed by atoms with Crippen molar-refractivity contribution in [3.8, 4) is 0 Å². The van der Waals surface area contributed by atoms with Gasteiger partial charge >= 0.3 is 6.09 Å². The average molecular weight is 591 g/mol. The fourth-order valence-corrected chi connectivity index (χ4v) is 6.62. The highest BCUT2D eigenvalue weighted by atomic mass is 35.5. The van der Waals surface area contributed by atoms with Crippen LogP contribution in [0.25, 0.3) is 0 Å². The molecule has 1 aliphatic heterocycles. The molecule has 2 fully saturated rings. The highest BCUT2D eigenvalue weighted by Gasteiger charge is 2.38. The molecule has 0 N–H and O–H groups in total. The first kappa shape index (κ1) is 32.1. The molecular formula is C36H47ClN2O3. The van der Waals surface area contributed by atoms with Crippen molar-refractivity contribution in [1.82, 2.24) is 9.80 Å². The van der Waals surface area contributed by atoms with Crippen molar-refractivity contribution in [2.45, 2.75) is 70.8 Å². The SMILES string of the molecule is CC(C)CN(C(=O)OCc1ccccc1)C1CCN(CC2CC(OCc3ccccc3)CC2c2ccccc2)CC1.Cl. The molecule has 1 saturated carbocycles. The van der Waals surface area contributed by atoms with Gasteiger partial charge in [0, 0.05) is 32.2 Å². The first-order valence-corrected chi connectivity index (χ1v) is 15.4. The van der Waals surface area contributed by atoms with Crippen molar-refractivity contribution >= 4 is 18.5 Å². The first-order valence-electron chi connectivity index (χ1n) is 15.4. The number of amides is 1. The number of carbonyl (C=O) groups excluding carboxylic acids is 1. The summed E-state index contributed by atoms with van der Waals surface area (Å²) in [5.74, 6) is 1.48. The molecule has 6 heteroatoms. The highest BCUT2D eigenvalue weighted by Crippen LogP contribution is 2.42. The van der Waals surface area contributed by atoms with Gasteiger partial charge in [-0.15, -0.1) is 12.4 Å². The summed E-state index contributed by atoms with van der Waals surface area (Å²) in [6.07, 6.45) is 4.25. The molecule has 0 radical (unpaired) electrons. The van der Waals surface area contributed by atoms with Crippen LogP contribution in [0.15, 0.2) is 91.0 Å². The molecule has 5 nitrogen and oxygen atoms in total. The Morgan fingerprint density at radius 3 is 2.00 bits per heavy atom. The predicted molar refractivity (Wildman–Crippen MR) is 172 cm³/mol. The van der Waals surface area contributed by atoms with Gasteiger partial charge in [0.1, 0.15) is 6.61 Å². The summed E-state index contributed by atoms with van der Waals surface area (Å²) in [5, 5.41) is 0. The normalized spacial score (nSPS) is 21.2. The Labute approximate surface area is 258 Å². The second-order valence-electron chi connectivity index (χ2n) is 12.3. The Morgan fingerprint density at radius 2 is 1.40 bits per heavy atom. The molecule has 3 aromatic carbocycles. The van der Waals surface area contributed by atoms with E-state index in [9.17, 15) is 4.79 Å². The zero-order valence-corrected chi connectivity index (χ0v) is 26.0. The molecule has 0 spiro atoms. The molecule has 1 amide bonds. The summed E-state index contributed by atoms with van der Waals surface area (Å²) in [6, 6.07) is 31.7. The van der Waals surface area contributed by atoms with Crippen molar-refractivity contribution in [3.63, 3.8) is 0 Å². The molecule has 2 aliphatic rings. The number of carbonyl (C=O) groups is 1. The van der Waals surface area contributed by atoms with Crippen LogP contribution in [-0.4, -0.2) is 54.2 Å². The van der Waals surface area contributed by atoms with Gasteiger partial charge in [-0.1, -0.05) is 105 Å². The molecule has 1 heterocycles. The number of hydrogen-bond acceptors (Lipinski definition) is 4. The minimum absolute atomic E-state index is 0. The monoisotopic (exact) mass is 590 g/mol. The summed E-state index contributed by atoms with van der Waals surface area (Å²) in [6.45, 7) is 9.19. The largest absolute Gasteiger partial charge is 0.445 e. The minimum Gasteiger partial charge on any atom is -0.445 e. The Hall–Kier alpha value is -2.86. The van der Waals surface area contributed by atoms with E-state index in [0.29, 0.717) is 31.0 Å². The summed E-state index contributed by atoms with van der Waals surface area (Å²) < 4.78 is 12.2. The standard InChI is InChI=1S/C36H46N2O3.ClH/c1-28(2)24-38(36(39)41-27-30-14-8-4-9-15-30)33-18-20-37(21-19-33)25-32-22-34(40-26-29-12-6-3-7-13-29)23-35(32)31-16-10-5-11-17-31;/h3-17,28,32-35H,18-27H2,1-2H3;1H. The second kappa shape index (κ2) is 16.1. The van der Waals surface area contributed by atoms with E-state index in [1.165, 1.54) is 11.1 Å². The van der Waals surface area contributed by atoms with Crippen LogP contribution in [0.5, 0.6) is 0 Å². The Balaban J connectivity index is 0.00000405. The van der Waals surface area contributed by atoms with Crippen LogP contribution in [0.3, 0.4) is 0 Å². The number of nitrogens with zero attached hydrogens (tertiary/aromatic N) is 2. The van der Waals surface area contributed by atoms with E-state index in [0.717, 1.165) is 57.4 Å². The van der Waals surface area contributed by atoms with E-state index in [2.05, 4.69) is 79.4 Å². The van der Waals surface area contributed by atoms with Gasteiger partial charge in [-0.2, -0.15) is 0 Å². The summed E-state index contributed by atoms with van der Waals surface area (Å²) in [4.78, 5) is 17.8. The zero-order chi connectivity index (χ0) is 28.4. The van der Waals surface area contributed by atoms with Crippen LogP contribution in [0.4, 0.5) is 4.79 Å². The number of halogens is 1. The fraction of sp³-hybridized carbons (Fsp3) is 0.472. The van der Waals surface area contributed by atoms with E-state index in [-0.39, 0.29) is 30.6 Å². The van der Waals surface area contributed by atoms with Gasteiger partial charge in [0.25, 0.3) is 0 Å². The van der Waals surface area contributed by atoms with Crippen LogP contribution in [0, 0.1) is 11.8 Å². The molecule has 1 aliphatic carbocycles. The van der Waals surface area contributed by atoms with Gasteiger partial charge < -0.3 is 19.3 Å². The van der Waals surface area contributed by atoms with E-state index in [4.69, 9.17) is 9.47 Å². The summed E-state index contributed by atoms with van der Waals surface area (Å²) in [5.41, 5.74) is 3.70. The maximum absolute atomic E-state index is 13.2. The van der Waals surface area contributed by atoms with Crippen LogP contribution < -0.4 is 0 Å². The lowest BCUT2D eigenvalue weighted by Gasteiger charge is -2.40. The van der Waals surface area contributed by atoms with E-state index in [1.807, 2.05) is 35.2 Å². The number of hydrogen-bond donors (Lipinski definition) is 0. The third-order valence-electron chi connectivity index (χ3n) is 8.70. The lowest BCUT2D eigenvalue weighted by Crippen LogP contribution is -2.49. The number of piperidine rings is 1. The van der Waals surface area contributed by atoms with E-state index >= 15 is 0 Å². The first-order chi connectivity index (χ1) is 20.0. The van der Waals surface area contributed by atoms with Gasteiger partial charge in [0.15, 0.2) is 0 Å². The van der Waals surface area contributed by atoms with Crippen molar-refractivity contribution in [3.05, 3.63) is 108 Å². The van der Waals surface area contributed by atoms with E-state index < -0.39 is 0 Å². The molecule has 0 aromatic heterocycles. The summed E-state index contributed by atoms with van der Waals surface area (Å²) in [7, 11) is 0. The average Bonchev–Trinajstić information content (AvgIpc) is 3.42. The molecule has 3 unspecified atom stereocenters. The molecular weight excluding hydrogens is 544 g/mol. The minimum atomic E-state index is -0.181. The van der Waals surface area contributed by atoms with Crippen LogP contribution in [0.2, 0.25) is 0 Å². The van der Waals surface area contributed by atoms with Crippen LogP contribution in [0.1, 0.15) is 62.1 Å². The number of likely N-dealkylation sites (tertiary alicyclic amines) is 1. The van der Waals surface area contributed by atoms with Crippen molar-refractivity contribution in [2.75, 3.05) is 26.2 Å². The quantitative estimate of drug-likeness (QED) is 0.227. The smallest absolute Gasteiger partial charge is 0.410 e. The Bertz CT molecular complexity index is 1190. The summed E-state index contributed by atoms with van der Waals surface area (Å²) >= 11 is 0. The highest BCUT2D eigenvalue weighted by molar-refractivity contribution is 5.85. The molecule has 226 valence electrons. The van der Waals surface area contributed by atoms with Gasteiger partial charge in [-0.3, -0.25) is 0 Å². The Morgan fingerprint density at radius 1 is 0.833 bits per heavy atom. The van der Waals surface area contributed by atoms with Crippen LogP contribution >= 0.6 is 12.4 Å². The second-order valence-corrected chi connectivity index (χ2v) is 12.3. The lowest BCUT2D eigenvalue weighted by atomic mass is 9.88. The maximum atomic E-state index is 13.2. The Kier molecular flexibility index (Phi) is 12.3. The van der Waals surface area contributed by atoms with Crippen molar-refractivity contribution in [2.24, 2.45) is 11.8 Å². The third-order valence-corrected chi connectivity index (χ3v) is 8.70. The predicted octanol–water partition coefficient (Wildman–Crippen LogP) is 7.95. The lowest BCUT2D eigenvalue weighted by molar-refractivity contribution is 0.0384. The van der Waals surface area contributed by atoms with Gasteiger partial charge in [-0.05, 0) is 60.1 Å². The molecule has 42 heavy (non-hydrogen) atoms. The van der Waals surface area contributed by atoms with E-state index in [1.54, 1.807) is 0 Å². The number of benzene rings is 3. The topological polar surface area (TPSA) is 42.0 Å². The van der Waals surface area contributed by atoms with Crippen molar-refractivity contribution < 1.29 is 14.3 Å². The van der Waals surface area contributed by atoms with Gasteiger partial charge in [0.2, 0.25) is 0 Å². The molecule has 1 saturated heterocycles. The maximum Gasteiger partial charge on any atom is 0.410 e. The zero-order valence-electron chi connectivity index (χ0n) is 25.1. The molecule has 5 rings (SSSR count). The molecule has 3 aromatic rings. The molecule has 0 bridgehead atoms. The number of rotatable bonds is 11. The van der Waals surface area contributed by atoms with Crippen molar-refractivity contribution in [1.29, 1.82) is 0 Å². The third kappa shape index (κ3) is 9.07.